The van der Waals surface area contributed by atoms with Gasteiger partial charge in [-0.15, -0.1) is 0 Å². The smallest absolute Gasteiger partial charge is 0.162 e. The number of nitrogens with two attached hydrogens (primary N) is 1. The first-order valence-corrected chi connectivity index (χ1v) is 3.83. The van der Waals surface area contributed by atoms with Crippen LogP contribution < -0.4 is 5.73 Å². The molecule has 0 radical (unpaired) electrons. The largest absolute Gasteiger partial charge is 0.396 e. The van der Waals surface area contributed by atoms with Crippen molar-refractivity contribution in [3.05, 3.63) is 22.4 Å². The fourth-order valence-corrected chi connectivity index (χ4v) is 1.09. The van der Waals surface area contributed by atoms with Crippen LogP contribution in [0.25, 0.3) is 0 Å². The van der Waals surface area contributed by atoms with Crippen molar-refractivity contribution in [3.63, 3.8) is 0 Å². The Morgan fingerprint density at radius 3 is 2.82 bits per heavy atom. The Morgan fingerprint density at radius 2 is 2.36 bits per heavy atom. The first-order valence-electron chi connectivity index (χ1n) is 3.04. The van der Waals surface area contributed by atoms with Crippen molar-refractivity contribution in [1.82, 2.24) is 4.98 Å². The van der Waals surface area contributed by atoms with E-state index in [0.717, 1.165) is 0 Å². The zero-order chi connectivity index (χ0) is 8.43. The Bertz CT molecular complexity index is 298. The summed E-state index contributed by atoms with van der Waals surface area (Å²) >= 11 is 3.13. The van der Waals surface area contributed by atoms with Crippen LogP contribution in [0.5, 0.6) is 0 Å². The first kappa shape index (κ1) is 8.20. The van der Waals surface area contributed by atoms with Crippen LogP contribution in [0.1, 0.15) is 17.3 Å². The van der Waals surface area contributed by atoms with Crippen molar-refractivity contribution in [2.24, 2.45) is 0 Å². The van der Waals surface area contributed by atoms with Gasteiger partial charge in [-0.25, -0.2) is 4.98 Å². The summed E-state index contributed by atoms with van der Waals surface area (Å²) in [6, 6.07) is 1.60. The van der Waals surface area contributed by atoms with Gasteiger partial charge in [0.15, 0.2) is 5.78 Å². The van der Waals surface area contributed by atoms with Crippen molar-refractivity contribution < 1.29 is 4.79 Å². The fraction of sp³-hybridized carbons (Fsp3) is 0.143. The number of hydrogen-bond donors (Lipinski definition) is 1. The molecule has 0 saturated heterocycles. The Labute approximate surface area is 72.7 Å². The summed E-state index contributed by atoms with van der Waals surface area (Å²) in [5, 5.41) is 0. The third-order valence-electron chi connectivity index (χ3n) is 1.32. The maximum Gasteiger partial charge on any atom is 0.162 e. The molecule has 4 heteroatoms. The number of hydrogen-bond acceptors (Lipinski definition) is 3. The lowest BCUT2D eigenvalue weighted by Gasteiger charge is -2.01. The number of carbonyl (C=O) groups is 1. The minimum Gasteiger partial charge on any atom is -0.396 e. The molecule has 1 heterocycles. The van der Waals surface area contributed by atoms with Crippen LogP contribution in [0.4, 0.5) is 5.69 Å². The maximum atomic E-state index is 10.9. The van der Waals surface area contributed by atoms with Gasteiger partial charge in [0, 0.05) is 11.8 Å². The minimum atomic E-state index is -0.0504. The van der Waals surface area contributed by atoms with Gasteiger partial charge in [0.1, 0.15) is 4.60 Å². The van der Waals surface area contributed by atoms with Crippen molar-refractivity contribution >= 4 is 27.4 Å². The highest BCUT2D eigenvalue weighted by Crippen LogP contribution is 2.20. The Balaban J connectivity index is 3.27. The third-order valence-corrected chi connectivity index (χ3v) is 1.95. The van der Waals surface area contributed by atoms with E-state index >= 15 is 0 Å². The molecule has 0 atom stereocenters. The van der Waals surface area contributed by atoms with Crippen LogP contribution in [0.2, 0.25) is 0 Å². The highest BCUT2D eigenvalue weighted by molar-refractivity contribution is 9.10. The van der Waals surface area contributed by atoms with E-state index in [4.69, 9.17) is 5.73 Å². The quantitative estimate of drug-likeness (QED) is 0.572. The minimum absolute atomic E-state index is 0.0504. The van der Waals surface area contributed by atoms with Crippen LogP contribution in [-0.2, 0) is 0 Å². The molecule has 3 nitrogen and oxygen atoms in total. The highest BCUT2D eigenvalue weighted by Gasteiger charge is 2.06. The standard InChI is InChI=1S/C7H7BrN2O/c1-4(11)5-2-3-10-7(8)6(5)9/h2-3H,9H2,1H3. The SMILES string of the molecule is CC(=O)c1ccnc(Br)c1N. The number of halogens is 1. The molecule has 58 valence electrons. The summed E-state index contributed by atoms with van der Waals surface area (Å²) in [7, 11) is 0. The summed E-state index contributed by atoms with van der Waals surface area (Å²) in [5.74, 6) is -0.0504. The number of carbonyl (C=O) groups excluding carboxylic acids is 1. The number of rotatable bonds is 1. The molecule has 11 heavy (non-hydrogen) atoms. The van der Waals surface area contributed by atoms with E-state index in [0.29, 0.717) is 15.9 Å². The van der Waals surface area contributed by atoms with Gasteiger partial charge >= 0.3 is 0 Å². The molecule has 0 aliphatic carbocycles. The average molecular weight is 215 g/mol. The number of ketones is 1. The highest BCUT2D eigenvalue weighted by atomic mass is 79.9. The number of Topliss-reactive ketones (excluding diaryl/α,β-unsaturated/α-hetero) is 1. The van der Waals surface area contributed by atoms with Crippen molar-refractivity contribution in [2.45, 2.75) is 6.92 Å². The molecule has 0 amide bonds. The summed E-state index contributed by atoms with van der Waals surface area (Å²) in [6.07, 6.45) is 1.54. The van der Waals surface area contributed by atoms with Gasteiger partial charge in [0.05, 0.1) is 5.69 Å². The van der Waals surface area contributed by atoms with Gasteiger partial charge < -0.3 is 5.73 Å². The molecule has 0 saturated carbocycles. The molecule has 1 aromatic heterocycles. The van der Waals surface area contributed by atoms with Crippen molar-refractivity contribution in [1.29, 1.82) is 0 Å². The number of anilines is 1. The lowest BCUT2D eigenvalue weighted by molar-refractivity contribution is 0.101. The van der Waals surface area contributed by atoms with E-state index in [1.165, 1.54) is 13.1 Å². The molecule has 0 aromatic carbocycles. The second-order valence-electron chi connectivity index (χ2n) is 2.12. The predicted molar refractivity (Wildman–Crippen MR) is 46.4 cm³/mol. The molecule has 0 bridgehead atoms. The monoisotopic (exact) mass is 214 g/mol. The van der Waals surface area contributed by atoms with Gasteiger partial charge in [-0.2, -0.15) is 0 Å². The van der Waals surface area contributed by atoms with Gasteiger partial charge in [0.25, 0.3) is 0 Å². The average Bonchev–Trinajstić information content (AvgIpc) is 1.94. The van der Waals surface area contributed by atoms with E-state index in [2.05, 4.69) is 20.9 Å². The summed E-state index contributed by atoms with van der Waals surface area (Å²) in [4.78, 5) is 14.8. The van der Waals surface area contributed by atoms with Gasteiger partial charge in [0.2, 0.25) is 0 Å². The van der Waals surface area contributed by atoms with Crippen LogP contribution in [0.15, 0.2) is 16.9 Å². The molecule has 2 N–H and O–H groups in total. The predicted octanol–water partition coefficient (Wildman–Crippen LogP) is 1.63. The van der Waals surface area contributed by atoms with Crippen LogP contribution >= 0.6 is 15.9 Å². The van der Waals surface area contributed by atoms with Crippen LogP contribution in [0, 0.1) is 0 Å². The molecule has 0 spiro atoms. The lowest BCUT2D eigenvalue weighted by atomic mass is 10.2. The summed E-state index contributed by atoms with van der Waals surface area (Å²) in [6.45, 7) is 1.47. The second-order valence-corrected chi connectivity index (χ2v) is 2.87. The normalized spacial score (nSPS) is 9.64. The number of aromatic nitrogens is 1. The molecule has 0 aliphatic heterocycles. The topological polar surface area (TPSA) is 56.0 Å². The first-order chi connectivity index (χ1) is 5.13. The molecular weight excluding hydrogens is 208 g/mol. The molecule has 1 aromatic rings. The van der Waals surface area contributed by atoms with Crippen LogP contribution in [-0.4, -0.2) is 10.8 Å². The Morgan fingerprint density at radius 1 is 1.73 bits per heavy atom. The molecule has 0 fully saturated rings. The van der Waals surface area contributed by atoms with E-state index in [1.807, 2.05) is 0 Å². The van der Waals surface area contributed by atoms with Crippen molar-refractivity contribution in [3.8, 4) is 0 Å². The molecular formula is C7H7BrN2O. The summed E-state index contributed by atoms with van der Waals surface area (Å²) in [5.41, 5.74) is 6.46. The molecule has 0 unspecified atom stereocenters. The van der Waals surface area contributed by atoms with E-state index in [9.17, 15) is 4.79 Å². The molecule has 1 rings (SSSR count). The number of nitrogens with zero attached hydrogens (tertiary/aromatic N) is 1. The lowest BCUT2D eigenvalue weighted by Crippen LogP contribution is -2.00. The van der Waals surface area contributed by atoms with E-state index < -0.39 is 0 Å². The molecule has 0 aliphatic rings. The van der Waals surface area contributed by atoms with Gasteiger partial charge in [-0.1, -0.05) is 0 Å². The Hall–Kier alpha value is -0.900. The van der Waals surface area contributed by atoms with Crippen LogP contribution in [0.3, 0.4) is 0 Å². The fourth-order valence-electron chi connectivity index (χ4n) is 0.755. The Kier molecular flexibility index (Phi) is 2.24. The van der Waals surface area contributed by atoms with Crippen molar-refractivity contribution in [2.75, 3.05) is 5.73 Å². The summed E-state index contributed by atoms with van der Waals surface area (Å²) < 4.78 is 0.519. The third kappa shape index (κ3) is 1.57. The number of nitrogen functional groups attached to an aromatic ring is 1. The van der Waals surface area contributed by atoms with Gasteiger partial charge in [-0.05, 0) is 28.9 Å². The number of pyridine rings is 1. The second kappa shape index (κ2) is 3.00. The van der Waals surface area contributed by atoms with E-state index in [-0.39, 0.29) is 5.78 Å². The zero-order valence-electron chi connectivity index (χ0n) is 5.97. The zero-order valence-corrected chi connectivity index (χ0v) is 7.55. The van der Waals surface area contributed by atoms with E-state index in [1.54, 1.807) is 6.07 Å². The van der Waals surface area contributed by atoms with Gasteiger partial charge in [-0.3, -0.25) is 4.79 Å². The maximum absolute atomic E-state index is 10.9.